The van der Waals surface area contributed by atoms with E-state index in [2.05, 4.69) is 5.32 Å². The number of amides is 2. The molecule has 5 nitrogen and oxygen atoms in total. The average molecular weight is 449 g/mol. The Balaban J connectivity index is 1.75. The van der Waals surface area contributed by atoms with Crippen LogP contribution in [0.25, 0.3) is 0 Å². The zero-order chi connectivity index (χ0) is 23.1. The summed E-state index contributed by atoms with van der Waals surface area (Å²) >= 11 is 0. The van der Waals surface area contributed by atoms with Crippen LogP contribution < -0.4 is 5.32 Å². The number of alkyl halides is 3. The van der Waals surface area contributed by atoms with Gasteiger partial charge in [-0.05, 0) is 48.0 Å². The highest BCUT2D eigenvalue weighted by Gasteiger charge is 2.30. The molecule has 0 saturated carbocycles. The van der Waals surface area contributed by atoms with E-state index < -0.39 is 23.6 Å². The molecule has 0 aliphatic rings. The highest BCUT2D eigenvalue weighted by molar-refractivity contribution is 5.89. The number of anilines is 1. The van der Waals surface area contributed by atoms with Gasteiger partial charge in [-0.3, -0.25) is 0 Å². The van der Waals surface area contributed by atoms with Gasteiger partial charge in [0.25, 0.3) is 0 Å². The van der Waals surface area contributed by atoms with Crippen molar-refractivity contribution < 1.29 is 27.1 Å². The summed E-state index contributed by atoms with van der Waals surface area (Å²) in [5.41, 5.74) is 0.828. The van der Waals surface area contributed by atoms with E-state index in [0.29, 0.717) is 11.3 Å². The van der Waals surface area contributed by atoms with E-state index in [9.17, 15) is 22.4 Å². The van der Waals surface area contributed by atoms with Crippen LogP contribution in [0, 0.1) is 5.82 Å². The van der Waals surface area contributed by atoms with E-state index in [1.165, 1.54) is 36.3 Å². The minimum absolute atomic E-state index is 0.191. The van der Waals surface area contributed by atoms with E-state index in [1.54, 1.807) is 35.0 Å². The molecule has 1 aromatic heterocycles. The maximum atomic E-state index is 13.4. The Labute approximate surface area is 183 Å². The lowest BCUT2D eigenvalue weighted by Crippen LogP contribution is -2.37. The number of urea groups is 1. The van der Waals surface area contributed by atoms with E-state index >= 15 is 0 Å². The van der Waals surface area contributed by atoms with Crippen molar-refractivity contribution in [3.63, 3.8) is 0 Å². The van der Waals surface area contributed by atoms with Crippen LogP contribution in [-0.4, -0.2) is 35.8 Å². The molecular formula is C23H23F4N3O2. The van der Waals surface area contributed by atoms with Crippen LogP contribution in [0.4, 0.5) is 28.0 Å². The molecule has 0 fully saturated rings. The molecule has 9 heteroatoms. The summed E-state index contributed by atoms with van der Waals surface area (Å²) in [6.07, 6.45) is -2.67. The van der Waals surface area contributed by atoms with Crippen LogP contribution in [0.2, 0.25) is 0 Å². The molecule has 0 radical (unpaired) electrons. The van der Waals surface area contributed by atoms with Crippen LogP contribution in [0.5, 0.6) is 0 Å². The molecule has 0 aliphatic carbocycles. The van der Waals surface area contributed by atoms with Crippen LogP contribution in [0.3, 0.4) is 0 Å². The first-order chi connectivity index (χ1) is 15.3. The summed E-state index contributed by atoms with van der Waals surface area (Å²) < 4.78 is 59.3. The lowest BCUT2D eigenvalue weighted by Gasteiger charge is -2.24. The lowest BCUT2D eigenvalue weighted by atomic mass is 10.1. The second-order valence-corrected chi connectivity index (χ2v) is 7.18. The zero-order valence-electron chi connectivity index (χ0n) is 17.4. The number of benzene rings is 2. The summed E-state index contributed by atoms with van der Waals surface area (Å²) in [6, 6.07) is 13.8. The molecular weight excluding hydrogens is 426 g/mol. The summed E-state index contributed by atoms with van der Waals surface area (Å²) in [5, 5.41) is 2.65. The number of aromatic nitrogens is 1. The Kier molecular flexibility index (Phi) is 7.53. The molecule has 0 aliphatic heterocycles. The molecule has 170 valence electrons. The second kappa shape index (κ2) is 10.3. The highest BCUT2D eigenvalue weighted by atomic mass is 19.4. The Bertz CT molecular complexity index is 1050. The molecule has 0 spiro atoms. The minimum atomic E-state index is -4.42. The molecule has 3 rings (SSSR count). The quantitative estimate of drug-likeness (QED) is 0.470. The topological polar surface area (TPSA) is 46.5 Å². The fourth-order valence-corrected chi connectivity index (χ4v) is 3.21. The maximum Gasteiger partial charge on any atom is 0.416 e. The molecule has 0 saturated heterocycles. The number of nitrogens with zero attached hydrogens (tertiary/aromatic N) is 2. The van der Waals surface area contributed by atoms with Gasteiger partial charge in [0.2, 0.25) is 0 Å². The van der Waals surface area contributed by atoms with Crippen LogP contribution >= 0.6 is 0 Å². The summed E-state index contributed by atoms with van der Waals surface area (Å²) in [5.74, 6) is -0.471. The summed E-state index contributed by atoms with van der Waals surface area (Å²) in [6.45, 7) is 0.962. The highest BCUT2D eigenvalue weighted by Crippen LogP contribution is 2.29. The molecule has 0 bridgehead atoms. The number of hydrogen-bond acceptors (Lipinski definition) is 2. The SMILES string of the molecule is COCCN(Cc1cccn1Cc1cccc(C(F)(F)F)c1)C(=O)Nc1cccc(F)c1. The number of hydrogen-bond donors (Lipinski definition) is 1. The van der Waals surface area contributed by atoms with E-state index in [-0.39, 0.29) is 26.2 Å². The summed E-state index contributed by atoms with van der Waals surface area (Å²) in [4.78, 5) is 14.3. The van der Waals surface area contributed by atoms with Gasteiger partial charge in [0, 0.05) is 37.8 Å². The van der Waals surface area contributed by atoms with Gasteiger partial charge < -0.3 is 19.5 Å². The van der Waals surface area contributed by atoms with Gasteiger partial charge in [-0.15, -0.1) is 0 Å². The fourth-order valence-electron chi connectivity index (χ4n) is 3.21. The third-order valence-corrected chi connectivity index (χ3v) is 4.81. The smallest absolute Gasteiger partial charge is 0.383 e. The van der Waals surface area contributed by atoms with Gasteiger partial charge in [0.05, 0.1) is 18.7 Å². The first-order valence-corrected chi connectivity index (χ1v) is 9.87. The summed E-state index contributed by atoms with van der Waals surface area (Å²) in [7, 11) is 1.51. The number of rotatable bonds is 8. The second-order valence-electron chi connectivity index (χ2n) is 7.18. The van der Waals surface area contributed by atoms with Crippen LogP contribution in [-0.2, 0) is 24.0 Å². The van der Waals surface area contributed by atoms with E-state index in [1.807, 2.05) is 0 Å². The number of methoxy groups -OCH3 is 1. The van der Waals surface area contributed by atoms with E-state index in [4.69, 9.17) is 4.74 Å². The molecule has 2 aromatic carbocycles. The Morgan fingerprint density at radius 1 is 1.09 bits per heavy atom. The average Bonchev–Trinajstić information content (AvgIpc) is 3.17. The molecule has 1 N–H and O–H groups in total. The van der Waals surface area contributed by atoms with Crippen molar-refractivity contribution in [1.82, 2.24) is 9.47 Å². The molecule has 0 unspecified atom stereocenters. The van der Waals surface area contributed by atoms with Crippen molar-refractivity contribution in [1.29, 1.82) is 0 Å². The maximum absolute atomic E-state index is 13.4. The van der Waals surface area contributed by atoms with E-state index in [0.717, 1.165) is 17.8 Å². The van der Waals surface area contributed by atoms with Crippen LogP contribution in [0.15, 0.2) is 66.9 Å². The molecule has 32 heavy (non-hydrogen) atoms. The van der Waals surface area contributed by atoms with Gasteiger partial charge in [-0.1, -0.05) is 18.2 Å². The number of halogens is 4. The first kappa shape index (κ1) is 23.3. The van der Waals surface area contributed by atoms with Crippen LogP contribution in [0.1, 0.15) is 16.8 Å². The monoisotopic (exact) mass is 449 g/mol. The van der Waals surface area contributed by atoms with Gasteiger partial charge in [0.15, 0.2) is 0 Å². The Morgan fingerprint density at radius 3 is 2.59 bits per heavy atom. The number of carbonyl (C=O) groups is 1. The van der Waals surface area contributed by atoms with Crippen molar-refractivity contribution in [2.24, 2.45) is 0 Å². The Morgan fingerprint density at radius 2 is 1.88 bits per heavy atom. The third-order valence-electron chi connectivity index (χ3n) is 4.81. The fraction of sp³-hybridized carbons (Fsp3) is 0.261. The number of carbonyl (C=O) groups excluding carboxylic acids is 1. The normalized spacial score (nSPS) is 11.4. The van der Waals surface area contributed by atoms with Gasteiger partial charge in [0.1, 0.15) is 5.82 Å². The molecule has 1 heterocycles. The minimum Gasteiger partial charge on any atom is -0.383 e. The Hall–Kier alpha value is -3.33. The number of ether oxygens (including phenoxy) is 1. The predicted octanol–water partition coefficient (Wildman–Crippen LogP) is 5.37. The van der Waals surface area contributed by atoms with Crippen molar-refractivity contribution in [3.8, 4) is 0 Å². The molecule has 0 atom stereocenters. The zero-order valence-corrected chi connectivity index (χ0v) is 17.4. The van der Waals surface area contributed by atoms with Gasteiger partial charge in [-0.25, -0.2) is 9.18 Å². The third kappa shape index (κ3) is 6.34. The number of nitrogens with one attached hydrogen (secondary N) is 1. The van der Waals surface area contributed by atoms with Crippen molar-refractivity contribution in [3.05, 3.63) is 89.5 Å². The van der Waals surface area contributed by atoms with Gasteiger partial charge >= 0.3 is 12.2 Å². The van der Waals surface area contributed by atoms with Gasteiger partial charge in [-0.2, -0.15) is 13.2 Å². The van der Waals surface area contributed by atoms with Crippen molar-refractivity contribution in [2.75, 3.05) is 25.6 Å². The largest absolute Gasteiger partial charge is 0.416 e. The standard InChI is InChI=1S/C23H23F4N3O2/c1-32-12-11-30(22(31)28-20-8-3-7-19(24)14-20)16-21-9-4-10-29(21)15-17-5-2-6-18(13-17)23(25,26)27/h2-10,13-14H,11-12,15-16H2,1H3,(H,28,31). The molecule has 2 amide bonds. The van der Waals surface area contributed by atoms with Crippen molar-refractivity contribution >= 4 is 11.7 Å². The lowest BCUT2D eigenvalue weighted by molar-refractivity contribution is -0.137. The predicted molar refractivity (Wildman–Crippen MR) is 113 cm³/mol. The molecule has 3 aromatic rings. The van der Waals surface area contributed by atoms with Crippen molar-refractivity contribution in [2.45, 2.75) is 19.3 Å². The first-order valence-electron chi connectivity index (χ1n) is 9.87.